The third-order valence-corrected chi connectivity index (χ3v) is 6.63. The van der Waals surface area contributed by atoms with Gasteiger partial charge < -0.3 is 9.84 Å². The number of carboxylic acid groups (broad SMARTS) is 1. The minimum Gasteiger partial charge on any atom is -0.481 e. The molecule has 0 aromatic heterocycles. The fourth-order valence-corrected chi connectivity index (χ4v) is 4.32. The van der Waals surface area contributed by atoms with Crippen LogP contribution in [0.25, 0.3) is 0 Å². The first-order valence-corrected chi connectivity index (χ1v) is 15.3. The molecular formula is C32H58O4. The average Bonchev–Trinajstić information content (AvgIpc) is 2.85. The number of unbranched alkanes of at least 4 members (excludes halogenated alkanes) is 16. The van der Waals surface area contributed by atoms with Crippen LogP contribution in [0.3, 0.4) is 0 Å². The second-order valence-corrected chi connectivity index (χ2v) is 10.3. The van der Waals surface area contributed by atoms with Gasteiger partial charge in [-0.15, -0.1) is 0 Å². The minimum absolute atomic E-state index is 0.0778. The van der Waals surface area contributed by atoms with Crippen molar-refractivity contribution in [3.63, 3.8) is 0 Å². The number of carboxylic acids is 1. The molecule has 0 bridgehead atoms. The van der Waals surface area contributed by atoms with E-state index >= 15 is 0 Å². The summed E-state index contributed by atoms with van der Waals surface area (Å²) in [5.41, 5.74) is 0. The first kappa shape index (κ1) is 34.4. The Kier molecular flexibility index (Phi) is 26.8. The summed E-state index contributed by atoms with van der Waals surface area (Å²) in [6, 6.07) is 0. The van der Waals surface area contributed by atoms with Crippen LogP contribution in [0.2, 0.25) is 0 Å². The van der Waals surface area contributed by atoms with E-state index in [2.05, 4.69) is 38.2 Å². The molecule has 0 heterocycles. The number of rotatable bonds is 27. The molecular weight excluding hydrogens is 448 g/mol. The van der Waals surface area contributed by atoms with E-state index in [1.165, 1.54) is 83.5 Å². The number of carbonyl (C=O) groups excluding carboxylic acids is 1. The van der Waals surface area contributed by atoms with Crippen LogP contribution in [0.5, 0.6) is 0 Å². The summed E-state index contributed by atoms with van der Waals surface area (Å²) < 4.78 is 5.79. The largest absolute Gasteiger partial charge is 0.481 e. The van der Waals surface area contributed by atoms with E-state index in [0.717, 1.165) is 51.4 Å². The van der Waals surface area contributed by atoms with Gasteiger partial charge in [0.05, 0.1) is 0 Å². The summed E-state index contributed by atoms with van der Waals surface area (Å²) in [6.07, 6.45) is 33.5. The molecule has 0 spiro atoms. The molecule has 1 atom stereocenters. The lowest BCUT2D eigenvalue weighted by Gasteiger charge is -2.15. The SMILES string of the molecule is CCCCC/C=C\C(CCCCCCC(=O)O)OC(=O)CCCCCCC/C=C\CCCCCCC. The zero-order valence-corrected chi connectivity index (χ0v) is 23.8. The third kappa shape index (κ3) is 27.0. The molecule has 0 aromatic carbocycles. The third-order valence-electron chi connectivity index (χ3n) is 6.63. The van der Waals surface area contributed by atoms with Crippen LogP contribution in [0.1, 0.15) is 162 Å². The zero-order chi connectivity index (χ0) is 26.5. The molecule has 0 rings (SSSR count). The van der Waals surface area contributed by atoms with E-state index in [1.807, 2.05) is 0 Å². The van der Waals surface area contributed by atoms with Crippen molar-refractivity contribution in [2.75, 3.05) is 0 Å². The fraction of sp³-hybridized carbons (Fsp3) is 0.812. The van der Waals surface area contributed by atoms with Gasteiger partial charge in [-0.1, -0.05) is 103 Å². The first-order chi connectivity index (χ1) is 17.6. The highest BCUT2D eigenvalue weighted by Crippen LogP contribution is 2.14. The Morgan fingerprint density at radius 2 is 1.08 bits per heavy atom. The molecule has 0 aliphatic rings. The van der Waals surface area contributed by atoms with Gasteiger partial charge >= 0.3 is 11.9 Å². The fourth-order valence-electron chi connectivity index (χ4n) is 4.32. The van der Waals surface area contributed by atoms with Gasteiger partial charge in [-0.25, -0.2) is 0 Å². The molecule has 1 N–H and O–H groups in total. The van der Waals surface area contributed by atoms with Crippen LogP contribution >= 0.6 is 0 Å². The van der Waals surface area contributed by atoms with Crippen molar-refractivity contribution >= 4 is 11.9 Å². The number of hydrogen-bond acceptors (Lipinski definition) is 3. The maximum absolute atomic E-state index is 12.4. The van der Waals surface area contributed by atoms with Crippen LogP contribution in [0.4, 0.5) is 0 Å². The van der Waals surface area contributed by atoms with Crippen molar-refractivity contribution in [2.24, 2.45) is 0 Å². The summed E-state index contributed by atoms with van der Waals surface area (Å²) in [6.45, 7) is 4.46. The second-order valence-electron chi connectivity index (χ2n) is 10.3. The van der Waals surface area contributed by atoms with Crippen LogP contribution in [-0.4, -0.2) is 23.1 Å². The standard InChI is InChI=1S/C32H58O4/c1-3-5-7-9-10-11-12-13-14-15-16-17-19-25-29-32(35)36-30(26-22-18-8-6-4-2)27-23-20-21-24-28-31(33)34/h12-13,22,26,30H,3-11,14-21,23-25,27-29H2,1-2H3,(H,33,34)/b13-12-,26-22-. The summed E-state index contributed by atoms with van der Waals surface area (Å²) >= 11 is 0. The van der Waals surface area contributed by atoms with Gasteiger partial charge in [0.2, 0.25) is 0 Å². The molecule has 0 aromatic rings. The highest BCUT2D eigenvalue weighted by molar-refractivity contribution is 5.69. The zero-order valence-electron chi connectivity index (χ0n) is 23.8. The van der Waals surface area contributed by atoms with Gasteiger partial charge in [-0.2, -0.15) is 0 Å². The Morgan fingerprint density at radius 1 is 0.611 bits per heavy atom. The maximum Gasteiger partial charge on any atom is 0.306 e. The van der Waals surface area contributed by atoms with Crippen molar-refractivity contribution in [2.45, 2.75) is 168 Å². The van der Waals surface area contributed by atoms with Gasteiger partial charge in [0, 0.05) is 12.8 Å². The molecule has 1 unspecified atom stereocenters. The number of aliphatic carboxylic acids is 1. The van der Waals surface area contributed by atoms with Crippen LogP contribution < -0.4 is 0 Å². The van der Waals surface area contributed by atoms with Crippen molar-refractivity contribution in [1.82, 2.24) is 0 Å². The highest BCUT2D eigenvalue weighted by Gasteiger charge is 2.11. The Morgan fingerprint density at radius 3 is 1.72 bits per heavy atom. The van der Waals surface area contributed by atoms with Crippen LogP contribution in [-0.2, 0) is 14.3 Å². The molecule has 0 amide bonds. The van der Waals surface area contributed by atoms with Gasteiger partial charge in [0.1, 0.15) is 6.10 Å². The van der Waals surface area contributed by atoms with E-state index in [0.29, 0.717) is 6.42 Å². The smallest absolute Gasteiger partial charge is 0.306 e. The molecule has 0 radical (unpaired) electrons. The average molecular weight is 507 g/mol. The molecule has 0 aliphatic carbocycles. The van der Waals surface area contributed by atoms with Gasteiger partial charge in [-0.3, -0.25) is 9.59 Å². The van der Waals surface area contributed by atoms with Crippen LogP contribution in [0, 0.1) is 0 Å². The van der Waals surface area contributed by atoms with Crippen molar-refractivity contribution < 1.29 is 19.4 Å². The predicted octanol–water partition coefficient (Wildman–Crippen LogP) is 10.1. The summed E-state index contributed by atoms with van der Waals surface area (Å²) in [5, 5.41) is 8.75. The Hall–Kier alpha value is -1.58. The van der Waals surface area contributed by atoms with Crippen molar-refractivity contribution in [1.29, 1.82) is 0 Å². The maximum atomic E-state index is 12.4. The molecule has 4 heteroatoms. The molecule has 0 aliphatic heterocycles. The predicted molar refractivity (Wildman–Crippen MR) is 153 cm³/mol. The van der Waals surface area contributed by atoms with Crippen LogP contribution in [0.15, 0.2) is 24.3 Å². The van der Waals surface area contributed by atoms with E-state index in [-0.39, 0.29) is 18.5 Å². The summed E-state index contributed by atoms with van der Waals surface area (Å²) in [4.78, 5) is 23.0. The molecule has 210 valence electrons. The lowest BCUT2D eigenvalue weighted by Crippen LogP contribution is -2.16. The number of ether oxygens (including phenoxy) is 1. The topological polar surface area (TPSA) is 63.6 Å². The van der Waals surface area contributed by atoms with E-state index in [4.69, 9.17) is 9.84 Å². The van der Waals surface area contributed by atoms with Gasteiger partial charge in [0.25, 0.3) is 0 Å². The normalized spacial score (nSPS) is 12.5. The van der Waals surface area contributed by atoms with Crippen molar-refractivity contribution in [3.8, 4) is 0 Å². The van der Waals surface area contributed by atoms with E-state index < -0.39 is 5.97 Å². The number of carbonyl (C=O) groups is 2. The monoisotopic (exact) mass is 506 g/mol. The lowest BCUT2D eigenvalue weighted by molar-refractivity contribution is -0.147. The molecule has 4 nitrogen and oxygen atoms in total. The number of allylic oxidation sites excluding steroid dienone is 3. The molecule has 36 heavy (non-hydrogen) atoms. The minimum atomic E-state index is -0.725. The number of esters is 1. The quantitative estimate of drug-likeness (QED) is 0.0683. The Bertz CT molecular complexity index is 552. The summed E-state index contributed by atoms with van der Waals surface area (Å²) in [5.74, 6) is -0.803. The van der Waals surface area contributed by atoms with Crippen molar-refractivity contribution in [3.05, 3.63) is 24.3 Å². The van der Waals surface area contributed by atoms with Gasteiger partial charge in [-0.05, 0) is 70.3 Å². The molecule has 0 saturated heterocycles. The summed E-state index contributed by atoms with van der Waals surface area (Å²) in [7, 11) is 0. The first-order valence-electron chi connectivity index (χ1n) is 15.3. The molecule has 0 fully saturated rings. The molecule has 0 saturated carbocycles. The Balaban J connectivity index is 3.94. The van der Waals surface area contributed by atoms with E-state index in [9.17, 15) is 9.59 Å². The highest BCUT2D eigenvalue weighted by atomic mass is 16.5. The second kappa shape index (κ2) is 28.0. The van der Waals surface area contributed by atoms with E-state index in [1.54, 1.807) is 0 Å². The number of hydrogen-bond donors (Lipinski definition) is 1. The van der Waals surface area contributed by atoms with Gasteiger partial charge in [0.15, 0.2) is 0 Å². The lowest BCUT2D eigenvalue weighted by atomic mass is 10.1. The Labute approximate surface area is 223 Å².